The molecule has 0 bridgehead atoms. The van der Waals surface area contributed by atoms with Gasteiger partial charge in [-0.3, -0.25) is 24.6 Å². The Morgan fingerprint density at radius 1 is 1.02 bits per heavy atom. The lowest BCUT2D eigenvalue weighted by atomic mass is 10.0. The maximum absolute atomic E-state index is 15.3. The van der Waals surface area contributed by atoms with E-state index in [1.807, 2.05) is 36.4 Å². The van der Waals surface area contributed by atoms with Crippen molar-refractivity contribution in [1.82, 2.24) is 25.1 Å². The average molecular weight is 745 g/mol. The molecule has 12 nitrogen and oxygen atoms in total. The first-order valence-electron chi connectivity index (χ1n) is 17.0. The number of nitrogens with zero attached hydrogens (tertiary/aromatic N) is 5. The van der Waals surface area contributed by atoms with Gasteiger partial charge < -0.3 is 25.2 Å². The monoisotopic (exact) mass is 744 g/mol. The van der Waals surface area contributed by atoms with Crippen molar-refractivity contribution in [2.45, 2.75) is 32.0 Å². The Kier molecular flexibility index (Phi) is 10.3. The molecule has 0 saturated carbocycles. The highest BCUT2D eigenvalue weighted by molar-refractivity contribution is 7.64. The van der Waals surface area contributed by atoms with Crippen LogP contribution in [0.4, 0.5) is 33.2 Å². The fourth-order valence-electron chi connectivity index (χ4n) is 6.88. The third-order valence-electron chi connectivity index (χ3n) is 9.64. The number of rotatable bonds is 10. The summed E-state index contributed by atoms with van der Waals surface area (Å²) in [6, 6.07) is 16.3. The number of benzene rings is 3. The number of methoxy groups -OCH3 is 1. The topological polar surface area (TPSA) is 132 Å². The van der Waals surface area contributed by atoms with E-state index in [1.165, 1.54) is 16.3 Å². The normalized spacial score (nSPS) is 17.7. The number of para-hydroxylation sites is 1. The number of carbonyl (C=O) groups is 3. The van der Waals surface area contributed by atoms with Gasteiger partial charge in [-0.2, -0.15) is 4.98 Å². The Hall–Kier alpha value is -4.84. The van der Waals surface area contributed by atoms with Crippen LogP contribution in [0.25, 0.3) is 0 Å². The summed E-state index contributed by atoms with van der Waals surface area (Å²) in [4.78, 5) is 52.0. The van der Waals surface area contributed by atoms with Gasteiger partial charge in [0.2, 0.25) is 17.8 Å². The van der Waals surface area contributed by atoms with Crippen molar-refractivity contribution in [3.8, 4) is 5.75 Å². The van der Waals surface area contributed by atoms with Crippen LogP contribution in [0.1, 0.15) is 34.3 Å². The van der Waals surface area contributed by atoms with Crippen molar-refractivity contribution < 1.29 is 23.5 Å². The van der Waals surface area contributed by atoms with Gasteiger partial charge in [0.1, 0.15) is 22.6 Å². The first-order valence-corrected chi connectivity index (χ1v) is 19.6. The molecule has 15 heteroatoms. The smallest absolute Gasteiger partial charge is 0.255 e. The summed E-state index contributed by atoms with van der Waals surface area (Å²) < 4.78 is 21.1. The van der Waals surface area contributed by atoms with Gasteiger partial charge in [0.25, 0.3) is 5.91 Å². The van der Waals surface area contributed by atoms with E-state index < -0.39 is 17.8 Å². The maximum Gasteiger partial charge on any atom is 0.255 e. The molecule has 1 atom stereocenters. The number of nitrogens with one attached hydrogen (secondary N) is 3. The average Bonchev–Trinajstić information content (AvgIpc) is 3.44. The molecule has 3 N–H and O–H groups in total. The number of anilines is 5. The molecule has 270 valence electrons. The molecule has 1 aromatic heterocycles. The summed E-state index contributed by atoms with van der Waals surface area (Å²) in [6.07, 6.45) is 1.99. The predicted octanol–water partition coefficient (Wildman–Crippen LogP) is 5.21. The molecule has 4 heterocycles. The Balaban J connectivity index is 0.978. The highest BCUT2D eigenvalue weighted by atomic mass is 35.5. The first kappa shape index (κ1) is 35.6. The van der Waals surface area contributed by atoms with E-state index in [1.54, 1.807) is 19.4 Å². The first-order chi connectivity index (χ1) is 25.1. The van der Waals surface area contributed by atoms with Crippen molar-refractivity contribution >= 4 is 71.4 Å². The summed E-state index contributed by atoms with van der Waals surface area (Å²) in [5.41, 5.74) is 4.12. The highest BCUT2D eigenvalue weighted by Gasteiger charge is 2.39. The van der Waals surface area contributed by atoms with Crippen LogP contribution < -0.4 is 30.9 Å². The summed E-state index contributed by atoms with van der Waals surface area (Å²) in [5.74, 6) is -0.162. The number of halogens is 2. The zero-order valence-corrected chi connectivity index (χ0v) is 30.7. The molecule has 2 fully saturated rings. The molecule has 0 radical (unpaired) electrons. The van der Waals surface area contributed by atoms with E-state index in [9.17, 15) is 14.4 Å². The quantitative estimate of drug-likeness (QED) is 0.147. The molecule has 3 amide bonds. The minimum atomic E-state index is -0.736. The highest BCUT2D eigenvalue weighted by Crippen LogP contribution is 2.35. The summed E-state index contributed by atoms with van der Waals surface area (Å²) in [7, 11) is 1.28. The number of piperazine rings is 1. The van der Waals surface area contributed by atoms with Gasteiger partial charge in [0.05, 0.1) is 19.0 Å². The lowest BCUT2D eigenvalue weighted by Gasteiger charge is -2.36. The van der Waals surface area contributed by atoms with Gasteiger partial charge >= 0.3 is 0 Å². The second kappa shape index (κ2) is 15.0. The molecule has 3 aromatic carbocycles. The van der Waals surface area contributed by atoms with Crippen LogP contribution in [0.5, 0.6) is 5.75 Å². The fourth-order valence-corrected chi connectivity index (χ4v) is 8.01. The van der Waals surface area contributed by atoms with Gasteiger partial charge in [-0.05, 0) is 61.0 Å². The van der Waals surface area contributed by atoms with Crippen molar-refractivity contribution in [3.05, 3.63) is 88.3 Å². The van der Waals surface area contributed by atoms with Crippen molar-refractivity contribution in [2.24, 2.45) is 0 Å². The minimum Gasteiger partial charge on any atom is -0.494 e. The van der Waals surface area contributed by atoms with Gasteiger partial charge in [0.15, 0.2) is 5.82 Å². The molecule has 7 rings (SSSR count). The van der Waals surface area contributed by atoms with Gasteiger partial charge in [-0.1, -0.05) is 37.7 Å². The number of aromatic nitrogens is 2. The maximum atomic E-state index is 15.3. The van der Waals surface area contributed by atoms with Crippen LogP contribution in [0.3, 0.4) is 0 Å². The number of hydrogen-bond donors (Lipinski definition) is 3. The van der Waals surface area contributed by atoms with Crippen LogP contribution >= 0.6 is 19.5 Å². The Morgan fingerprint density at radius 2 is 1.81 bits per heavy atom. The van der Waals surface area contributed by atoms with Crippen molar-refractivity contribution in [2.75, 3.05) is 62.2 Å². The lowest BCUT2D eigenvalue weighted by Crippen LogP contribution is -2.52. The molecule has 1 unspecified atom stereocenters. The number of imide groups is 1. The second-order valence-corrected chi connectivity index (χ2v) is 15.9. The molecular formula is C37H39ClFN8O4P. The van der Waals surface area contributed by atoms with Crippen LogP contribution in [0.2, 0.25) is 5.02 Å². The Morgan fingerprint density at radius 3 is 2.56 bits per heavy atom. The van der Waals surface area contributed by atoms with E-state index in [0.29, 0.717) is 59.0 Å². The Labute approximate surface area is 307 Å². The van der Waals surface area contributed by atoms with Gasteiger partial charge in [-0.25, -0.2) is 9.37 Å². The third-order valence-corrected chi connectivity index (χ3v) is 11.3. The molecule has 0 aliphatic carbocycles. The van der Waals surface area contributed by atoms with Crippen molar-refractivity contribution in [3.63, 3.8) is 0 Å². The van der Waals surface area contributed by atoms with E-state index in [4.69, 9.17) is 16.3 Å². The van der Waals surface area contributed by atoms with E-state index in [0.717, 1.165) is 24.5 Å². The standard InChI is InChI=1S/C37H39ClFN8O4P/c1-51-31-17-24(8-9-28(31)42-37-40-19-26(38)34(44-37)41-29-6-4-5-7-32(29)52(2)3)46-14-12-45(13-15-46)20-23-16-22-21-47(36(50)25(22)18-27(23)39)30-10-11-33(48)43-35(30)49/h4-9,16-19,30H,10-15,20-21H2,1-3H3,(H,43,48,49)(H2,40,41,42,44). The van der Waals surface area contributed by atoms with E-state index >= 15 is 4.39 Å². The number of hydrogen-bond acceptors (Lipinski definition) is 10. The van der Waals surface area contributed by atoms with Crippen LogP contribution in [0.15, 0.2) is 60.8 Å². The molecule has 0 spiro atoms. The van der Waals surface area contributed by atoms with Gasteiger partial charge in [0, 0.05) is 74.3 Å². The fraction of sp³-hybridized carbons (Fsp3) is 0.324. The predicted molar refractivity (Wildman–Crippen MR) is 201 cm³/mol. The number of ether oxygens (including phenoxy) is 1. The molecule has 2 saturated heterocycles. The zero-order chi connectivity index (χ0) is 36.5. The van der Waals surface area contributed by atoms with Gasteiger partial charge in [-0.15, -0.1) is 0 Å². The molecule has 3 aliphatic heterocycles. The summed E-state index contributed by atoms with van der Waals surface area (Å²) in [6.45, 7) is 7.85. The second-order valence-electron chi connectivity index (χ2n) is 13.2. The minimum absolute atomic E-state index is 0.169. The van der Waals surface area contributed by atoms with Crippen LogP contribution in [0, 0.1) is 5.82 Å². The van der Waals surface area contributed by atoms with E-state index in [-0.39, 0.29) is 44.7 Å². The number of carbonyl (C=O) groups excluding carboxylic acids is 3. The zero-order valence-electron chi connectivity index (χ0n) is 29.1. The molecule has 3 aliphatic rings. The molecule has 4 aromatic rings. The SMILES string of the molecule is COc1cc(N2CCN(Cc3cc4c(cc3F)C(=O)N(C3CCC(=O)NC3=O)C4)CC2)ccc1Nc1ncc(Cl)c(Nc2ccccc2P(C)C)n1. The summed E-state index contributed by atoms with van der Waals surface area (Å²) in [5, 5.41) is 10.6. The van der Waals surface area contributed by atoms with Crippen molar-refractivity contribution in [1.29, 1.82) is 0 Å². The Bertz CT molecular complexity index is 2040. The molecule has 52 heavy (non-hydrogen) atoms. The lowest BCUT2D eigenvalue weighted by molar-refractivity contribution is -0.136. The molecular weight excluding hydrogens is 706 g/mol. The van der Waals surface area contributed by atoms with Crippen LogP contribution in [-0.4, -0.2) is 90.1 Å². The summed E-state index contributed by atoms with van der Waals surface area (Å²) >= 11 is 6.48. The largest absolute Gasteiger partial charge is 0.494 e. The number of amides is 3. The van der Waals surface area contributed by atoms with Crippen LogP contribution in [-0.2, 0) is 22.7 Å². The van der Waals surface area contributed by atoms with E-state index in [2.05, 4.69) is 55.1 Å². The number of piperidine rings is 1. The number of fused-ring (bicyclic) bond motifs is 1. The third kappa shape index (κ3) is 7.39.